The fraction of sp³-hybridized carbons (Fsp3) is 0.381. The molecule has 0 aromatic heterocycles. The third kappa shape index (κ3) is 6.54. The van der Waals surface area contributed by atoms with Crippen LogP contribution in [-0.2, 0) is 17.8 Å². The number of aryl methyl sites for hydroxylation is 1. The largest absolute Gasteiger partial charge is 0.394 e. The van der Waals surface area contributed by atoms with E-state index in [9.17, 15) is 4.79 Å². The number of aliphatic hydroxyl groups is 1. The van der Waals surface area contributed by atoms with Crippen molar-refractivity contribution in [1.29, 1.82) is 0 Å². The molecule has 5 heteroatoms. The number of nitrogens with two attached hydrogens (primary N) is 1. The van der Waals surface area contributed by atoms with Crippen molar-refractivity contribution in [3.63, 3.8) is 0 Å². The predicted octanol–water partition coefficient (Wildman–Crippen LogP) is 3.77. The molecular weight excluding hydrogens is 350 g/mol. The van der Waals surface area contributed by atoms with Crippen LogP contribution in [0.4, 0.5) is 0 Å². The summed E-state index contributed by atoms with van der Waals surface area (Å²) in [5, 5.41) is 9.62. The number of benzene rings is 2. The van der Waals surface area contributed by atoms with Crippen LogP contribution in [0.15, 0.2) is 48.5 Å². The monoisotopic (exact) mass is 375 g/mol. The fourth-order valence-corrected chi connectivity index (χ4v) is 2.75. The molecule has 2 rings (SSSR count). The minimum absolute atomic E-state index is 0.0881. The quantitative estimate of drug-likeness (QED) is 0.620. The first kappa shape index (κ1) is 20.6. The van der Waals surface area contributed by atoms with Crippen molar-refractivity contribution in [2.75, 3.05) is 13.2 Å². The molecule has 0 heterocycles. The van der Waals surface area contributed by atoms with Crippen molar-refractivity contribution < 1.29 is 14.6 Å². The minimum atomic E-state index is -0.777. The van der Waals surface area contributed by atoms with Crippen LogP contribution < -0.4 is 5.73 Å². The third-order valence-electron chi connectivity index (χ3n) is 4.14. The highest BCUT2D eigenvalue weighted by molar-refractivity contribution is 6.31. The van der Waals surface area contributed by atoms with E-state index in [0.29, 0.717) is 17.0 Å². The van der Waals surface area contributed by atoms with Gasteiger partial charge in [0.25, 0.3) is 0 Å². The van der Waals surface area contributed by atoms with Gasteiger partial charge in [0.15, 0.2) is 5.78 Å². The van der Waals surface area contributed by atoms with Gasteiger partial charge in [-0.15, -0.1) is 0 Å². The van der Waals surface area contributed by atoms with Crippen molar-refractivity contribution in [1.82, 2.24) is 0 Å². The molecule has 0 aliphatic heterocycles. The highest BCUT2D eigenvalue weighted by Gasteiger charge is 2.17. The molecule has 0 spiro atoms. The van der Waals surface area contributed by atoms with Crippen LogP contribution in [0.1, 0.15) is 41.3 Å². The van der Waals surface area contributed by atoms with E-state index in [4.69, 9.17) is 27.2 Å². The van der Waals surface area contributed by atoms with Crippen LogP contribution in [0.25, 0.3) is 0 Å². The molecule has 4 nitrogen and oxygen atoms in total. The Balaban J connectivity index is 1.84. The zero-order valence-corrected chi connectivity index (χ0v) is 15.8. The van der Waals surface area contributed by atoms with Gasteiger partial charge < -0.3 is 15.6 Å². The van der Waals surface area contributed by atoms with Crippen molar-refractivity contribution in [2.24, 2.45) is 5.73 Å². The molecule has 0 fully saturated rings. The summed E-state index contributed by atoms with van der Waals surface area (Å²) in [6.07, 6.45) is 2.18. The van der Waals surface area contributed by atoms with E-state index in [1.54, 1.807) is 25.1 Å². The smallest absolute Gasteiger partial charge is 0.162 e. The second-order valence-corrected chi connectivity index (χ2v) is 7.28. The van der Waals surface area contributed by atoms with Gasteiger partial charge in [-0.25, -0.2) is 0 Å². The summed E-state index contributed by atoms with van der Waals surface area (Å²) in [6.45, 7) is 2.07. The Morgan fingerprint density at radius 3 is 2.62 bits per heavy atom. The lowest BCUT2D eigenvalue weighted by molar-refractivity contribution is 0.0535. The second kappa shape index (κ2) is 9.83. The molecule has 2 aromatic carbocycles. The predicted molar refractivity (Wildman–Crippen MR) is 104 cm³/mol. The Morgan fingerprint density at radius 1 is 1.23 bits per heavy atom. The SMILES string of the molecule is CC(N)(CO)COCc1ccc(C(=O)CCCc2ccccc2)cc1Cl. The van der Waals surface area contributed by atoms with Gasteiger partial charge in [-0.1, -0.05) is 54.1 Å². The second-order valence-electron chi connectivity index (χ2n) is 6.87. The Labute approximate surface area is 159 Å². The van der Waals surface area contributed by atoms with Gasteiger partial charge in [-0.2, -0.15) is 0 Å². The summed E-state index contributed by atoms with van der Waals surface area (Å²) in [4.78, 5) is 12.3. The van der Waals surface area contributed by atoms with Gasteiger partial charge in [0.2, 0.25) is 0 Å². The Morgan fingerprint density at radius 2 is 1.96 bits per heavy atom. The van der Waals surface area contributed by atoms with Gasteiger partial charge >= 0.3 is 0 Å². The topological polar surface area (TPSA) is 72.6 Å². The highest BCUT2D eigenvalue weighted by Crippen LogP contribution is 2.21. The molecular formula is C21H26ClNO3. The lowest BCUT2D eigenvalue weighted by Crippen LogP contribution is -2.44. The maximum Gasteiger partial charge on any atom is 0.162 e. The van der Waals surface area contributed by atoms with Gasteiger partial charge in [0.05, 0.1) is 25.4 Å². The number of hydrogen-bond donors (Lipinski definition) is 2. The first-order valence-corrected chi connectivity index (χ1v) is 9.12. The summed E-state index contributed by atoms with van der Waals surface area (Å²) in [7, 11) is 0. The van der Waals surface area contributed by atoms with E-state index in [1.165, 1.54) is 5.56 Å². The van der Waals surface area contributed by atoms with Crippen LogP contribution >= 0.6 is 11.6 Å². The number of ether oxygens (including phenoxy) is 1. The van der Waals surface area contributed by atoms with Crippen LogP contribution in [0.3, 0.4) is 0 Å². The normalized spacial score (nSPS) is 13.4. The van der Waals surface area contributed by atoms with Crippen LogP contribution in [-0.4, -0.2) is 29.6 Å². The van der Waals surface area contributed by atoms with Gasteiger partial charge in [0, 0.05) is 17.0 Å². The van der Waals surface area contributed by atoms with E-state index in [1.807, 2.05) is 18.2 Å². The van der Waals surface area contributed by atoms with Crippen molar-refractivity contribution in [3.05, 3.63) is 70.2 Å². The Hall–Kier alpha value is -1.72. The number of hydrogen-bond acceptors (Lipinski definition) is 4. The minimum Gasteiger partial charge on any atom is -0.394 e. The number of Topliss-reactive ketones (excluding diaryl/α,β-unsaturated/α-hetero) is 1. The van der Waals surface area contributed by atoms with Crippen molar-refractivity contribution >= 4 is 17.4 Å². The number of ketones is 1. The molecule has 0 aliphatic rings. The molecule has 26 heavy (non-hydrogen) atoms. The maximum absolute atomic E-state index is 12.3. The Bertz CT molecular complexity index is 716. The molecule has 2 aromatic rings. The molecule has 140 valence electrons. The molecule has 0 aliphatic carbocycles. The summed E-state index contributed by atoms with van der Waals surface area (Å²) in [5.41, 5.74) is 7.69. The van der Waals surface area contributed by atoms with Crippen LogP contribution in [0, 0.1) is 0 Å². The van der Waals surface area contributed by atoms with Gasteiger partial charge in [-0.3, -0.25) is 4.79 Å². The molecule has 0 bridgehead atoms. The first-order valence-electron chi connectivity index (χ1n) is 8.74. The molecule has 0 amide bonds. The number of carbonyl (C=O) groups is 1. The van der Waals surface area contributed by atoms with E-state index in [0.717, 1.165) is 18.4 Å². The average molecular weight is 376 g/mol. The number of halogens is 1. The zero-order chi connectivity index (χ0) is 19.0. The maximum atomic E-state index is 12.3. The molecule has 1 atom stereocenters. The Kier molecular flexibility index (Phi) is 7.79. The summed E-state index contributed by atoms with van der Waals surface area (Å²) in [6, 6.07) is 15.4. The van der Waals surface area contributed by atoms with Gasteiger partial charge in [-0.05, 0) is 37.0 Å². The zero-order valence-electron chi connectivity index (χ0n) is 15.1. The van der Waals surface area contributed by atoms with E-state index < -0.39 is 5.54 Å². The fourth-order valence-electron chi connectivity index (χ4n) is 2.52. The molecule has 3 N–H and O–H groups in total. The molecule has 0 saturated heterocycles. The number of aliphatic hydroxyl groups excluding tert-OH is 1. The standard InChI is InChI=1S/C21H26ClNO3/c1-21(23,14-24)15-26-13-18-11-10-17(12-19(18)22)20(25)9-5-8-16-6-3-2-4-7-16/h2-4,6-7,10-12,24H,5,8-9,13-15,23H2,1H3. The lowest BCUT2D eigenvalue weighted by Gasteiger charge is -2.21. The van der Waals surface area contributed by atoms with E-state index in [2.05, 4.69) is 12.1 Å². The van der Waals surface area contributed by atoms with E-state index in [-0.39, 0.29) is 25.6 Å². The molecule has 0 saturated carbocycles. The number of carbonyl (C=O) groups excluding carboxylic acids is 1. The van der Waals surface area contributed by atoms with Crippen molar-refractivity contribution in [2.45, 2.75) is 38.3 Å². The average Bonchev–Trinajstić information content (AvgIpc) is 2.63. The van der Waals surface area contributed by atoms with Crippen LogP contribution in [0.2, 0.25) is 5.02 Å². The van der Waals surface area contributed by atoms with E-state index >= 15 is 0 Å². The number of rotatable bonds is 10. The molecule has 0 radical (unpaired) electrons. The lowest BCUT2D eigenvalue weighted by atomic mass is 10.0. The highest BCUT2D eigenvalue weighted by atomic mass is 35.5. The third-order valence-corrected chi connectivity index (χ3v) is 4.49. The summed E-state index contributed by atoms with van der Waals surface area (Å²) in [5.74, 6) is 0.0881. The van der Waals surface area contributed by atoms with Gasteiger partial charge in [0.1, 0.15) is 0 Å². The van der Waals surface area contributed by atoms with Crippen molar-refractivity contribution in [3.8, 4) is 0 Å². The van der Waals surface area contributed by atoms with Crippen LogP contribution in [0.5, 0.6) is 0 Å². The molecule has 1 unspecified atom stereocenters. The first-order chi connectivity index (χ1) is 12.4. The summed E-state index contributed by atoms with van der Waals surface area (Å²) < 4.78 is 5.52. The summed E-state index contributed by atoms with van der Waals surface area (Å²) >= 11 is 6.27.